The van der Waals surface area contributed by atoms with Crippen molar-refractivity contribution in [3.63, 3.8) is 0 Å². The number of nitrogens with zero attached hydrogens (tertiary/aromatic N) is 5. The van der Waals surface area contributed by atoms with Crippen molar-refractivity contribution in [2.75, 3.05) is 13.1 Å². The third kappa shape index (κ3) is 3.33. The number of likely N-dealkylation sites (tertiary alicyclic amines) is 1. The van der Waals surface area contributed by atoms with E-state index in [1.807, 2.05) is 29.2 Å². The molecule has 0 bridgehead atoms. The zero-order chi connectivity index (χ0) is 17.9. The quantitative estimate of drug-likeness (QED) is 0.719. The van der Waals surface area contributed by atoms with E-state index < -0.39 is 0 Å². The summed E-state index contributed by atoms with van der Waals surface area (Å²) < 4.78 is 1.64. The van der Waals surface area contributed by atoms with E-state index in [-0.39, 0.29) is 11.5 Å². The van der Waals surface area contributed by atoms with Gasteiger partial charge < -0.3 is 4.90 Å². The molecule has 26 heavy (non-hydrogen) atoms. The number of fused-ring (bicyclic) bond motifs is 1. The lowest BCUT2D eigenvalue weighted by Gasteiger charge is -2.32. The fourth-order valence-corrected chi connectivity index (χ4v) is 3.33. The average molecular weight is 349 g/mol. The number of carbonyl (C=O) groups is 1. The molecule has 3 aromatic rings. The van der Waals surface area contributed by atoms with E-state index in [9.17, 15) is 9.59 Å². The summed E-state index contributed by atoms with van der Waals surface area (Å²) in [7, 11) is 0. The van der Waals surface area contributed by atoms with Crippen molar-refractivity contribution in [3.05, 3.63) is 65.1 Å². The maximum atomic E-state index is 12.7. The highest BCUT2D eigenvalue weighted by Crippen LogP contribution is 2.20. The molecule has 0 aliphatic carbocycles. The lowest BCUT2D eigenvalue weighted by molar-refractivity contribution is 0.0676. The molecule has 2 aromatic heterocycles. The van der Waals surface area contributed by atoms with Crippen LogP contribution in [-0.2, 0) is 6.54 Å². The molecule has 1 aliphatic rings. The third-order valence-electron chi connectivity index (χ3n) is 4.82. The summed E-state index contributed by atoms with van der Waals surface area (Å²) in [6.07, 6.45) is 6.34. The molecule has 1 amide bonds. The Labute approximate surface area is 150 Å². The highest BCUT2D eigenvalue weighted by Gasteiger charge is 2.25. The fourth-order valence-electron chi connectivity index (χ4n) is 3.33. The molecule has 1 aromatic carbocycles. The molecule has 132 valence electrons. The van der Waals surface area contributed by atoms with Crippen LogP contribution in [0.1, 0.15) is 23.3 Å². The Morgan fingerprint density at radius 1 is 1.12 bits per heavy atom. The molecule has 7 nitrogen and oxygen atoms in total. The lowest BCUT2D eigenvalue weighted by atomic mass is 9.96. The Morgan fingerprint density at radius 2 is 1.88 bits per heavy atom. The Bertz CT molecular complexity index is 992. The molecule has 3 heterocycles. The number of aromatic nitrogens is 4. The number of amides is 1. The predicted molar refractivity (Wildman–Crippen MR) is 96.7 cm³/mol. The number of carbonyl (C=O) groups excluding carboxylic acids is 1. The molecule has 4 rings (SSSR count). The Morgan fingerprint density at radius 3 is 2.65 bits per heavy atom. The maximum Gasteiger partial charge on any atom is 0.274 e. The highest BCUT2D eigenvalue weighted by atomic mass is 16.2. The number of para-hydroxylation sites is 2. The Hall–Kier alpha value is -3.09. The molecule has 0 radical (unpaired) electrons. The van der Waals surface area contributed by atoms with Crippen LogP contribution in [0.3, 0.4) is 0 Å². The molecular weight excluding hydrogens is 330 g/mol. The van der Waals surface area contributed by atoms with E-state index in [0.717, 1.165) is 23.9 Å². The number of rotatable bonds is 3. The van der Waals surface area contributed by atoms with Crippen molar-refractivity contribution >= 4 is 16.9 Å². The molecule has 0 saturated carbocycles. The first kappa shape index (κ1) is 16.4. The van der Waals surface area contributed by atoms with E-state index in [2.05, 4.69) is 15.0 Å². The van der Waals surface area contributed by atoms with E-state index >= 15 is 0 Å². The van der Waals surface area contributed by atoms with Gasteiger partial charge in [0.05, 0.1) is 23.6 Å². The minimum Gasteiger partial charge on any atom is -0.337 e. The van der Waals surface area contributed by atoms with Crippen molar-refractivity contribution in [2.24, 2.45) is 5.92 Å². The number of benzene rings is 1. The first-order chi connectivity index (χ1) is 12.7. The van der Waals surface area contributed by atoms with Crippen molar-refractivity contribution in [2.45, 2.75) is 19.4 Å². The van der Waals surface area contributed by atoms with Gasteiger partial charge in [-0.25, -0.2) is 9.97 Å². The van der Waals surface area contributed by atoms with Gasteiger partial charge in [0.15, 0.2) is 0 Å². The summed E-state index contributed by atoms with van der Waals surface area (Å²) in [6, 6.07) is 8.99. The van der Waals surface area contributed by atoms with E-state index in [4.69, 9.17) is 0 Å². The number of hydrogen-bond acceptors (Lipinski definition) is 5. The summed E-state index contributed by atoms with van der Waals surface area (Å²) in [5, 5.41) is 0. The molecular formula is C19H19N5O2. The second-order valence-corrected chi connectivity index (χ2v) is 6.55. The Balaban J connectivity index is 1.41. The van der Waals surface area contributed by atoms with Gasteiger partial charge in [-0.3, -0.25) is 19.1 Å². The van der Waals surface area contributed by atoms with Gasteiger partial charge in [-0.05, 0) is 30.9 Å². The number of piperidine rings is 1. The highest BCUT2D eigenvalue weighted by molar-refractivity contribution is 5.93. The van der Waals surface area contributed by atoms with Gasteiger partial charge in [0, 0.05) is 31.9 Å². The maximum absolute atomic E-state index is 12.7. The van der Waals surface area contributed by atoms with Crippen LogP contribution < -0.4 is 5.56 Å². The van der Waals surface area contributed by atoms with E-state index in [1.165, 1.54) is 12.3 Å². The number of hydrogen-bond donors (Lipinski definition) is 0. The predicted octanol–water partition coefficient (Wildman–Crippen LogP) is 1.74. The zero-order valence-electron chi connectivity index (χ0n) is 14.3. The van der Waals surface area contributed by atoms with Crippen LogP contribution in [0.25, 0.3) is 11.0 Å². The smallest absolute Gasteiger partial charge is 0.274 e. The van der Waals surface area contributed by atoms with Gasteiger partial charge >= 0.3 is 0 Å². The summed E-state index contributed by atoms with van der Waals surface area (Å²) in [4.78, 5) is 39.1. The van der Waals surface area contributed by atoms with Crippen LogP contribution in [0.15, 0.2) is 53.8 Å². The van der Waals surface area contributed by atoms with Crippen LogP contribution in [0.5, 0.6) is 0 Å². The molecule has 1 fully saturated rings. The molecule has 7 heteroatoms. The van der Waals surface area contributed by atoms with Crippen LogP contribution in [0.2, 0.25) is 0 Å². The fraction of sp³-hybridized carbons (Fsp3) is 0.316. The summed E-state index contributed by atoms with van der Waals surface area (Å²) in [6.45, 7) is 1.96. The molecule has 0 unspecified atom stereocenters. The van der Waals surface area contributed by atoms with E-state index in [1.54, 1.807) is 17.1 Å². The molecule has 1 aliphatic heterocycles. The van der Waals surface area contributed by atoms with E-state index in [0.29, 0.717) is 31.2 Å². The second-order valence-electron chi connectivity index (χ2n) is 6.55. The lowest BCUT2D eigenvalue weighted by Crippen LogP contribution is -2.40. The Kier molecular flexibility index (Phi) is 4.43. The summed E-state index contributed by atoms with van der Waals surface area (Å²) in [5.74, 6) is 0.281. The zero-order valence-corrected chi connectivity index (χ0v) is 14.3. The van der Waals surface area contributed by atoms with Gasteiger partial charge in [-0.1, -0.05) is 12.1 Å². The van der Waals surface area contributed by atoms with Gasteiger partial charge in [-0.15, -0.1) is 0 Å². The SMILES string of the molecule is O=C(c1cnc2ccccc2n1)N1CCC(Cn2cnccc2=O)CC1. The monoisotopic (exact) mass is 349 g/mol. The van der Waals surface area contributed by atoms with Crippen LogP contribution >= 0.6 is 0 Å². The standard InChI is InChI=1S/C19H19N5O2/c25-18-5-8-20-13-24(18)12-14-6-9-23(10-7-14)19(26)17-11-21-15-3-1-2-4-16(15)22-17/h1-5,8,11,13-14H,6-7,9-10,12H2. The van der Waals surface area contributed by atoms with Crippen LogP contribution in [0.4, 0.5) is 0 Å². The normalized spacial score (nSPS) is 15.3. The first-order valence-corrected chi connectivity index (χ1v) is 8.72. The van der Waals surface area contributed by atoms with Gasteiger partial charge in [0.25, 0.3) is 11.5 Å². The molecule has 0 atom stereocenters. The van der Waals surface area contributed by atoms with Gasteiger partial charge in [0.2, 0.25) is 0 Å². The minimum absolute atomic E-state index is 0.0371. The topological polar surface area (TPSA) is 81.0 Å². The largest absolute Gasteiger partial charge is 0.337 e. The van der Waals surface area contributed by atoms with Crippen LogP contribution in [-0.4, -0.2) is 43.4 Å². The average Bonchev–Trinajstić information content (AvgIpc) is 2.69. The third-order valence-corrected chi connectivity index (χ3v) is 4.82. The van der Waals surface area contributed by atoms with Crippen LogP contribution in [0, 0.1) is 5.92 Å². The second kappa shape index (κ2) is 7.03. The van der Waals surface area contributed by atoms with Crippen molar-refractivity contribution < 1.29 is 4.79 Å². The van der Waals surface area contributed by atoms with Gasteiger partial charge in [0.1, 0.15) is 5.69 Å². The van der Waals surface area contributed by atoms with Crippen molar-refractivity contribution in [1.82, 2.24) is 24.4 Å². The minimum atomic E-state index is -0.0831. The van der Waals surface area contributed by atoms with Gasteiger partial charge in [-0.2, -0.15) is 0 Å². The molecule has 0 N–H and O–H groups in total. The summed E-state index contributed by atoms with van der Waals surface area (Å²) in [5.41, 5.74) is 1.85. The van der Waals surface area contributed by atoms with Crippen molar-refractivity contribution in [3.8, 4) is 0 Å². The molecule has 0 spiro atoms. The van der Waals surface area contributed by atoms with Crippen molar-refractivity contribution in [1.29, 1.82) is 0 Å². The molecule has 1 saturated heterocycles. The summed E-state index contributed by atoms with van der Waals surface area (Å²) >= 11 is 0. The first-order valence-electron chi connectivity index (χ1n) is 8.72.